The van der Waals surface area contributed by atoms with Gasteiger partial charge < -0.3 is 9.88 Å². The first-order chi connectivity index (χ1) is 9.70. The number of nitrogens with one attached hydrogen (secondary N) is 1. The van der Waals surface area contributed by atoms with Gasteiger partial charge in [-0.3, -0.25) is 9.69 Å². The van der Waals surface area contributed by atoms with E-state index in [1.54, 1.807) is 4.57 Å². The molecule has 0 bridgehead atoms. The summed E-state index contributed by atoms with van der Waals surface area (Å²) in [6.45, 7) is 5.79. The van der Waals surface area contributed by atoms with E-state index in [0.717, 1.165) is 28.6 Å². The van der Waals surface area contributed by atoms with E-state index in [0.29, 0.717) is 0 Å². The van der Waals surface area contributed by atoms with Crippen molar-refractivity contribution in [2.75, 3.05) is 26.2 Å². The molecule has 4 nitrogen and oxygen atoms in total. The first kappa shape index (κ1) is 15.0. The number of nitrogens with zero attached hydrogens (tertiary/aromatic N) is 2. The molecule has 6 heteroatoms. The fourth-order valence-corrected chi connectivity index (χ4v) is 4.56. The number of hydrogen-bond donors (Lipinski definition) is 1. The molecule has 2 atom stereocenters. The molecule has 114 valence electrons. The molecule has 1 aromatic heterocycles. The molecule has 4 rings (SSSR count). The van der Waals surface area contributed by atoms with E-state index < -0.39 is 0 Å². The van der Waals surface area contributed by atoms with Crippen LogP contribution in [0.3, 0.4) is 0 Å². The van der Waals surface area contributed by atoms with Crippen molar-refractivity contribution in [2.45, 2.75) is 6.54 Å². The largest absolute Gasteiger partial charge is 0.316 e. The number of benzene rings is 1. The van der Waals surface area contributed by atoms with Crippen LogP contribution >= 0.6 is 23.7 Å². The Kier molecular flexibility index (Phi) is 4.10. The number of halogens is 1. The first-order valence-electron chi connectivity index (χ1n) is 7.22. The molecule has 2 saturated heterocycles. The highest BCUT2D eigenvalue weighted by atomic mass is 35.5. The second kappa shape index (κ2) is 5.72. The molecule has 21 heavy (non-hydrogen) atoms. The SMILES string of the molecule is Cl.Cn1c(=O)sc2cc(CN3C[C@H]4CNC[C@H]4C3)ccc21. The predicted octanol–water partition coefficient (Wildman–Crippen LogP) is 1.67. The maximum Gasteiger partial charge on any atom is 0.307 e. The van der Waals surface area contributed by atoms with Crippen molar-refractivity contribution in [2.24, 2.45) is 18.9 Å². The second-order valence-corrected chi connectivity index (χ2v) is 7.09. The Balaban J connectivity index is 0.00000132. The average molecular weight is 326 g/mol. The van der Waals surface area contributed by atoms with Gasteiger partial charge in [-0.25, -0.2) is 0 Å². The van der Waals surface area contributed by atoms with Crippen LogP contribution in [0.2, 0.25) is 0 Å². The van der Waals surface area contributed by atoms with Crippen LogP contribution in [0.25, 0.3) is 10.2 Å². The van der Waals surface area contributed by atoms with Crippen LogP contribution in [0, 0.1) is 11.8 Å². The lowest BCUT2D eigenvalue weighted by atomic mass is 10.0. The molecule has 0 aliphatic carbocycles. The van der Waals surface area contributed by atoms with Crippen LogP contribution < -0.4 is 10.2 Å². The second-order valence-electron chi connectivity index (χ2n) is 6.10. The molecule has 2 fully saturated rings. The van der Waals surface area contributed by atoms with Crippen molar-refractivity contribution in [3.8, 4) is 0 Å². The Hall–Kier alpha value is -0.880. The highest BCUT2D eigenvalue weighted by Gasteiger charge is 2.35. The lowest BCUT2D eigenvalue weighted by Gasteiger charge is -2.17. The van der Waals surface area contributed by atoms with Crippen LogP contribution in [-0.2, 0) is 13.6 Å². The zero-order valence-electron chi connectivity index (χ0n) is 12.0. The molecule has 1 N–H and O–H groups in total. The maximum absolute atomic E-state index is 11.7. The average Bonchev–Trinajstić information content (AvgIpc) is 3.05. The summed E-state index contributed by atoms with van der Waals surface area (Å²) >= 11 is 1.35. The monoisotopic (exact) mass is 325 g/mol. The highest BCUT2D eigenvalue weighted by molar-refractivity contribution is 7.16. The van der Waals surface area contributed by atoms with E-state index in [1.165, 1.54) is 43.1 Å². The Bertz CT molecular complexity index is 698. The fraction of sp³-hybridized carbons (Fsp3) is 0.533. The van der Waals surface area contributed by atoms with E-state index in [-0.39, 0.29) is 17.3 Å². The molecule has 3 heterocycles. The molecule has 2 aliphatic rings. The van der Waals surface area contributed by atoms with Gasteiger partial charge >= 0.3 is 4.87 Å². The summed E-state index contributed by atoms with van der Waals surface area (Å²) in [5, 5.41) is 3.48. The van der Waals surface area contributed by atoms with Crippen LogP contribution in [0.5, 0.6) is 0 Å². The molecule has 0 radical (unpaired) electrons. The van der Waals surface area contributed by atoms with Gasteiger partial charge in [0.05, 0.1) is 10.2 Å². The molecule has 2 aliphatic heterocycles. The molecule has 0 saturated carbocycles. The van der Waals surface area contributed by atoms with Gasteiger partial charge in [-0.2, -0.15) is 0 Å². The summed E-state index contributed by atoms with van der Waals surface area (Å²) in [4.78, 5) is 14.4. The number of likely N-dealkylation sites (tertiary alicyclic amines) is 1. The van der Waals surface area contributed by atoms with Crippen LogP contribution in [-0.4, -0.2) is 35.6 Å². The minimum absolute atomic E-state index is 0. The third kappa shape index (κ3) is 2.63. The quantitative estimate of drug-likeness (QED) is 0.912. The predicted molar refractivity (Wildman–Crippen MR) is 89.4 cm³/mol. The summed E-state index contributed by atoms with van der Waals surface area (Å²) in [5.74, 6) is 1.68. The third-order valence-electron chi connectivity index (χ3n) is 4.73. The summed E-state index contributed by atoms with van der Waals surface area (Å²) in [6, 6.07) is 6.44. The van der Waals surface area contributed by atoms with Crippen LogP contribution in [0.15, 0.2) is 23.0 Å². The zero-order valence-corrected chi connectivity index (χ0v) is 13.7. The van der Waals surface area contributed by atoms with Gasteiger partial charge in [0, 0.05) is 26.7 Å². The summed E-state index contributed by atoms with van der Waals surface area (Å²) in [7, 11) is 1.84. The zero-order chi connectivity index (χ0) is 13.7. The van der Waals surface area contributed by atoms with Crippen molar-refractivity contribution in [3.63, 3.8) is 0 Å². The molecular formula is C15H20ClN3OS. The van der Waals surface area contributed by atoms with Gasteiger partial charge in [0.25, 0.3) is 0 Å². The van der Waals surface area contributed by atoms with Crippen molar-refractivity contribution >= 4 is 34.0 Å². The number of thiazole rings is 1. The number of aromatic nitrogens is 1. The maximum atomic E-state index is 11.7. The van der Waals surface area contributed by atoms with Gasteiger partial charge in [-0.15, -0.1) is 12.4 Å². The minimum Gasteiger partial charge on any atom is -0.316 e. The van der Waals surface area contributed by atoms with Gasteiger partial charge in [-0.05, 0) is 42.6 Å². The first-order valence-corrected chi connectivity index (χ1v) is 8.04. The van der Waals surface area contributed by atoms with E-state index >= 15 is 0 Å². The Morgan fingerprint density at radius 2 is 2.00 bits per heavy atom. The fourth-order valence-electron chi connectivity index (χ4n) is 3.62. The van der Waals surface area contributed by atoms with Gasteiger partial charge in [0.15, 0.2) is 0 Å². The van der Waals surface area contributed by atoms with Gasteiger partial charge in [0.2, 0.25) is 0 Å². The Labute approximate surface area is 134 Å². The van der Waals surface area contributed by atoms with E-state index in [2.05, 4.69) is 28.4 Å². The molecule has 2 aromatic rings. The summed E-state index contributed by atoms with van der Waals surface area (Å²) in [5.41, 5.74) is 2.37. The third-order valence-corrected chi connectivity index (χ3v) is 5.72. The highest BCUT2D eigenvalue weighted by Crippen LogP contribution is 2.28. The minimum atomic E-state index is 0. The van der Waals surface area contributed by atoms with Crippen molar-refractivity contribution in [1.82, 2.24) is 14.8 Å². The molecule has 0 unspecified atom stereocenters. The standard InChI is InChI=1S/C15H19N3OS.ClH/c1-17-13-3-2-10(4-14(13)20-15(17)19)7-18-8-11-5-16-6-12(11)9-18;/h2-4,11-12,16H,5-9H2,1H3;1H/t11-,12+;. The molecule has 0 amide bonds. The number of rotatable bonds is 2. The van der Waals surface area contributed by atoms with Crippen molar-refractivity contribution in [3.05, 3.63) is 33.4 Å². The Morgan fingerprint density at radius 3 is 2.71 bits per heavy atom. The number of fused-ring (bicyclic) bond motifs is 2. The molecule has 1 aromatic carbocycles. The number of hydrogen-bond acceptors (Lipinski definition) is 4. The van der Waals surface area contributed by atoms with Crippen molar-refractivity contribution in [1.29, 1.82) is 0 Å². The molecule has 0 spiro atoms. The summed E-state index contributed by atoms with van der Waals surface area (Å²) in [6.07, 6.45) is 0. The lowest BCUT2D eigenvalue weighted by molar-refractivity contribution is 0.306. The summed E-state index contributed by atoms with van der Waals surface area (Å²) < 4.78 is 2.84. The van der Waals surface area contributed by atoms with Gasteiger partial charge in [-0.1, -0.05) is 17.4 Å². The smallest absolute Gasteiger partial charge is 0.307 e. The Morgan fingerprint density at radius 1 is 1.29 bits per heavy atom. The topological polar surface area (TPSA) is 37.3 Å². The molecular weight excluding hydrogens is 306 g/mol. The number of aryl methyl sites for hydroxylation is 1. The van der Waals surface area contributed by atoms with Crippen molar-refractivity contribution < 1.29 is 0 Å². The lowest BCUT2D eigenvalue weighted by Crippen LogP contribution is -2.25. The van der Waals surface area contributed by atoms with E-state index in [9.17, 15) is 4.79 Å². The van der Waals surface area contributed by atoms with Gasteiger partial charge in [0.1, 0.15) is 0 Å². The van der Waals surface area contributed by atoms with E-state index in [4.69, 9.17) is 0 Å². The van der Waals surface area contributed by atoms with Crippen LogP contribution in [0.4, 0.5) is 0 Å². The normalized spacial score (nSPS) is 25.2. The van der Waals surface area contributed by atoms with Crippen LogP contribution in [0.1, 0.15) is 5.56 Å². The van der Waals surface area contributed by atoms with E-state index in [1.807, 2.05) is 7.05 Å².